The van der Waals surface area contributed by atoms with Gasteiger partial charge >= 0.3 is 6.09 Å². The van der Waals surface area contributed by atoms with Gasteiger partial charge in [-0.3, -0.25) is 4.98 Å². The predicted molar refractivity (Wildman–Crippen MR) is 98.7 cm³/mol. The molecule has 1 aliphatic heterocycles. The minimum absolute atomic E-state index is 0.186. The Hall–Kier alpha value is -1.34. The average Bonchev–Trinajstić information content (AvgIpc) is 2.58. The first-order valence-corrected chi connectivity index (χ1v) is 10.0. The van der Waals surface area contributed by atoms with Crippen molar-refractivity contribution >= 4 is 17.9 Å². The van der Waals surface area contributed by atoms with Crippen molar-refractivity contribution in [2.75, 3.05) is 19.4 Å². The van der Waals surface area contributed by atoms with Crippen LogP contribution in [-0.2, 0) is 16.1 Å². The molecule has 2 rings (SSSR count). The molecule has 0 spiro atoms. The Labute approximate surface area is 154 Å². The zero-order valence-corrected chi connectivity index (χ0v) is 16.5. The summed E-state index contributed by atoms with van der Waals surface area (Å²) in [6.07, 6.45) is 9.14. The number of aromatic nitrogens is 2. The number of carbonyl (C=O) groups excluding carboxylic acids is 1. The van der Waals surface area contributed by atoms with Crippen LogP contribution in [-0.4, -0.2) is 52.0 Å². The Morgan fingerprint density at radius 1 is 1.32 bits per heavy atom. The zero-order valence-electron chi connectivity index (χ0n) is 15.7. The number of hydrogen-bond donors (Lipinski definition) is 0. The summed E-state index contributed by atoms with van der Waals surface area (Å²) in [4.78, 5) is 22.9. The van der Waals surface area contributed by atoms with Crippen LogP contribution in [0.15, 0.2) is 17.4 Å². The molecule has 0 radical (unpaired) electrons. The maximum absolute atomic E-state index is 12.4. The highest BCUT2D eigenvalue weighted by atomic mass is 32.2. The van der Waals surface area contributed by atoms with Gasteiger partial charge in [0.1, 0.15) is 10.6 Å². The molecule has 25 heavy (non-hydrogen) atoms. The van der Waals surface area contributed by atoms with Gasteiger partial charge in [0, 0.05) is 31.6 Å². The fourth-order valence-electron chi connectivity index (χ4n) is 2.87. The van der Waals surface area contributed by atoms with Crippen LogP contribution in [0.2, 0.25) is 0 Å². The van der Waals surface area contributed by atoms with E-state index in [2.05, 4.69) is 9.97 Å². The van der Waals surface area contributed by atoms with E-state index in [1.165, 1.54) is 0 Å². The van der Waals surface area contributed by atoms with E-state index in [9.17, 15) is 4.79 Å². The van der Waals surface area contributed by atoms with Crippen molar-refractivity contribution in [2.45, 2.75) is 69.7 Å². The molecule has 7 heteroatoms. The average molecular weight is 368 g/mol. The molecular formula is C18H29N3O3S. The lowest BCUT2D eigenvalue weighted by molar-refractivity contribution is 0.00360. The van der Waals surface area contributed by atoms with E-state index < -0.39 is 5.60 Å². The summed E-state index contributed by atoms with van der Waals surface area (Å²) in [6, 6.07) is 0.186. The van der Waals surface area contributed by atoms with Gasteiger partial charge in [-0.2, -0.15) is 0 Å². The van der Waals surface area contributed by atoms with E-state index in [1.54, 1.807) is 24.2 Å². The molecule has 1 saturated heterocycles. The second kappa shape index (κ2) is 9.38. The Bertz CT molecular complexity index is 563. The van der Waals surface area contributed by atoms with Gasteiger partial charge in [-0.15, -0.1) is 11.8 Å². The molecule has 2 heterocycles. The molecule has 0 saturated carbocycles. The Morgan fingerprint density at radius 2 is 2.08 bits per heavy atom. The Morgan fingerprint density at radius 3 is 2.80 bits per heavy atom. The molecular weight excluding hydrogens is 338 g/mol. The number of carbonyl (C=O) groups is 1. The van der Waals surface area contributed by atoms with Crippen LogP contribution in [0.5, 0.6) is 0 Å². The fourth-order valence-corrected chi connectivity index (χ4v) is 3.39. The van der Waals surface area contributed by atoms with Gasteiger partial charge in [0.15, 0.2) is 0 Å². The maximum Gasteiger partial charge on any atom is 0.410 e. The lowest BCUT2D eigenvalue weighted by Gasteiger charge is -2.36. The number of hydrogen-bond acceptors (Lipinski definition) is 6. The van der Waals surface area contributed by atoms with Crippen LogP contribution < -0.4 is 0 Å². The lowest BCUT2D eigenvalue weighted by Crippen LogP contribution is -2.46. The van der Waals surface area contributed by atoms with Crippen molar-refractivity contribution in [1.29, 1.82) is 0 Å². The summed E-state index contributed by atoms with van der Waals surface area (Å²) in [5.74, 6) is 0. The normalized spacial score (nSPS) is 18.2. The predicted octanol–water partition coefficient (Wildman–Crippen LogP) is 3.89. The van der Waals surface area contributed by atoms with Crippen LogP contribution in [0.3, 0.4) is 0 Å². The summed E-state index contributed by atoms with van der Waals surface area (Å²) >= 11 is 1.57. The zero-order chi connectivity index (χ0) is 18.3. The highest BCUT2D eigenvalue weighted by Gasteiger charge is 2.30. The molecule has 1 aliphatic rings. The second-order valence-electron chi connectivity index (χ2n) is 7.18. The van der Waals surface area contributed by atoms with Crippen molar-refractivity contribution in [2.24, 2.45) is 0 Å². The van der Waals surface area contributed by atoms with Crippen LogP contribution in [0, 0.1) is 0 Å². The molecule has 0 N–H and O–H groups in total. The van der Waals surface area contributed by atoms with Crippen molar-refractivity contribution < 1.29 is 14.3 Å². The highest BCUT2D eigenvalue weighted by molar-refractivity contribution is 7.98. The van der Waals surface area contributed by atoms with Crippen LogP contribution in [0.1, 0.15) is 52.1 Å². The van der Waals surface area contributed by atoms with E-state index in [0.717, 1.165) is 42.9 Å². The monoisotopic (exact) mass is 367 g/mol. The van der Waals surface area contributed by atoms with Gasteiger partial charge in [0.25, 0.3) is 0 Å². The fraction of sp³-hybridized carbons (Fsp3) is 0.722. The van der Waals surface area contributed by atoms with Gasteiger partial charge in [0.2, 0.25) is 0 Å². The summed E-state index contributed by atoms with van der Waals surface area (Å²) < 4.78 is 11.3. The summed E-state index contributed by atoms with van der Waals surface area (Å²) in [6.45, 7) is 7.50. The van der Waals surface area contributed by atoms with Gasteiger partial charge < -0.3 is 14.4 Å². The van der Waals surface area contributed by atoms with Gasteiger partial charge in [-0.05, 0) is 52.7 Å². The molecule has 1 aromatic heterocycles. The van der Waals surface area contributed by atoms with Crippen molar-refractivity contribution in [3.8, 4) is 0 Å². The topological polar surface area (TPSA) is 64.6 Å². The van der Waals surface area contributed by atoms with Gasteiger partial charge in [-0.1, -0.05) is 0 Å². The van der Waals surface area contributed by atoms with E-state index in [-0.39, 0.29) is 12.1 Å². The number of ether oxygens (including phenoxy) is 2. The third kappa shape index (κ3) is 6.47. The van der Waals surface area contributed by atoms with E-state index in [0.29, 0.717) is 13.2 Å². The first kappa shape index (κ1) is 20.0. The number of nitrogens with zero attached hydrogens (tertiary/aromatic N) is 3. The standard InChI is InChI=1S/C18H29N3O3S/c1-18(2,3)24-17(22)21-11-6-5-7-14(21)8-12-23-13-15-16(25-4)20-10-9-19-15/h9-10,14H,5-8,11-13H2,1-4H3/t14-/m1/s1. The second-order valence-corrected chi connectivity index (χ2v) is 7.97. The van der Waals surface area contributed by atoms with Crippen LogP contribution >= 0.6 is 11.8 Å². The van der Waals surface area contributed by atoms with E-state index in [4.69, 9.17) is 9.47 Å². The smallest absolute Gasteiger partial charge is 0.410 e. The first-order chi connectivity index (χ1) is 11.9. The SMILES string of the molecule is CSc1nccnc1COCC[C@H]1CCCCN1C(=O)OC(C)(C)C. The molecule has 0 bridgehead atoms. The summed E-state index contributed by atoms with van der Waals surface area (Å²) in [5, 5.41) is 0.899. The number of piperidine rings is 1. The minimum atomic E-state index is -0.463. The van der Waals surface area contributed by atoms with Crippen LogP contribution in [0.25, 0.3) is 0 Å². The van der Waals surface area contributed by atoms with Crippen LogP contribution in [0.4, 0.5) is 4.79 Å². The summed E-state index contributed by atoms with van der Waals surface area (Å²) in [5.41, 5.74) is 0.401. The number of likely N-dealkylation sites (tertiary alicyclic amines) is 1. The maximum atomic E-state index is 12.4. The minimum Gasteiger partial charge on any atom is -0.444 e. The molecule has 6 nitrogen and oxygen atoms in total. The van der Waals surface area contributed by atoms with E-state index >= 15 is 0 Å². The number of amides is 1. The molecule has 0 unspecified atom stereocenters. The molecule has 1 amide bonds. The summed E-state index contributed by atoms with van der Waals surface area (Å²) in [7, 11) is 0. The number of rotatable bonds is 6. The van der Waals surface area contributed by atoms with Gasteiger partial charge in [-0.25, -0.2) is 9.78 Å². The third-order valence-corrected chi connectivity index (χ3v) is 4.75. The van der Waals surface area contributed by atoms with E-state index in [1.807, 2.05) is 31.9 Å². The molecule has 1 aromatic rings. The number of thioether (sulfide) groups is 1. The van der Waals surface area contributed by atoms with Crippen molar-refractivity contribution in [3.05, 3.63) is 18.1 Å². The van der Waals surface area contributed by atoms with Crippen molar-refractivity contribution in [1.82, 2.24) is 14.9 Å². The molecule has 1 fully saturated rings. The Balaban J connectivity index is 1.82. The first-order valence-electron chi connectivity index (χ1n) is 8.82. The molecule has 140 valence electrons. The quantitative estimate of drug-likeness (QED) is 0.561. The molecule has 0 aliphatic carbocycles. The van der Waals surface area contributed by atoms with Crippen molar-refractivity contribution in [3.63, 3.8) is 0 Å². The Kier molecular flexibility index (Phi) is 7.50. The molecule has 1 atom stereocenters. The van der Waals surface area contributed by atoms with Gasteiger partial charge in [0.05, 0.1) is 12.3 Å². The lowest BCUT2D eigenvalue weighted by atomic mass is 10.0. The highest BCUT2D eigenvalue weighted by Crippen LogP contribution is 2.23. The molecule has 0 aromatic carbocycles. The largest absolute Gasteiger partial charge is 0.444 e. The third-order valence-electron chi connectivity index (χ3n) is 4.02.